The minimum Gasteiger partial charge on any atom is -0.351 e. The molecule has 2 rings (SSSR count). The van der Waals surface area contributed by atoms with Gasteiger partial charge in [0.15, 0.2) is 0 Å². The van der Waals surface area contributed by atoms with E-state index in [-0.39, 0.29) is 5.91 Å². The molecule has 21 heavy (non-hydrogen) atoms. The number of halogens is 3. The maximum atomic E-state index is 12.0. The standard InChI is InChI=1S/C12H14BrCl2N5O/c1-7-9(14)11(15)20(18-7)5-3-4-16-12(21)10-8(13)6-17-19(10)2/h6H,3-5H2,1-2H3,(H,16,21). The molecular formula is C12H14BrCl2N5O. The third-order valence-corrected chi connectivity index (χ3v) is 4.45. The highest BCUT2D eigenvalue weighted by atomic mass is 79.9. The highest BCUT2D eigenvalue weighted by Crippen LogP contribution is 2.24. The molecule has 9 heteroatoms. The number of carbonyl (C=O) groups is 1. The van der Waals surface area contributed by atoms with Crippen molar-refractivity contribution in [2.45, 2.75) is 19.9 Å². The molecule has 0 aromatic carbocycles. The van der Waals surface area contributed by atoms with Crippen molar-refractivity contribution in [1.29, 1.82) is 0 Å². The fourth-order valence-electron chi connectivity index (χ4n) is 1.86. The molecule has 1 N–H and O–H groups in total. The zero-order valence-electron chi connectivity index (χ0n) is 11.5. The quantitative estimate of drug-likeness (QED) is 0.793. The largest absolute Gasteiger partial charge is 0.351 e. The average Bonchev–Trinajstić information content (AvgIpc) is 2.90. The Bertz CT molecular complexity index is 647. The summed E-state index contributed by atoms with van der Waals surface area (Å²) in [5, 5.41) is 12.0. The molecule has 2 aromatic heterocycles. The molecule has 0 saturated heterocycles. The van der Waals surface area contributed by atoms with Crippen molar-refractivity contribution < 1.29 is 4.79 Å². The number of nitrogens with one attached hydrogen (secondary N) is 1. The lowest BCUT2D eigenvalue weighted by Crippen LogP contribution is -2.27. The first-order valence-corrected chi connectivity index (χ1v) is 7.80. The summed E-state index contributed by atoms with van der Waals surface area (Å²) in [5.74, 6) is -0.178. The highest BCUT2D eigenvalue weighted by Gasteiger charge is 2.15. The summed E-state index contributed by atoms with van der Waals surface area (Å²) in [5.41, 5.74) is 1.19. The van der Waals surface area contributed by atoms with E-state index < -0.39 is 0 Å². The number of aromatic nitrogens is 4. The molecule has 0 aliphatic heterocycles. The summed E-state index contributed by atoms with van der Waals surface area (Å²) >= 11 is 15.3. The monoisotopic (exact) mass is 393 g/mol. The maximum absolute atomic E-state index is 12.0. The van der Waals surface area contributed by atoms with E-state index in [1.54, 1.807) is 24.9 Å². The van der Waals surface area contributed by atoms with Crippen molar-refractivity contribution >= 4 is 45.0 Å². The van der Waals surface area contributed by atoms with Crippen LogP contribution in [0.5, 0.6) is 0 Å². The number of rotatable bonds is 5. The normalized spacial score (nSPS) is 10.9. The van der Waals surface area contributed by atoms with E-state index in [1.165, 1.54) is 4.68 Å². The van der Waals surface area contributed by atoms with E-state index in [4.69, 9.17) is 23.2 Å². The molecule has 0 saturated carbocycles. The van der Waals surface area contributed by atoms with Crippen LogP contribution in [0.25, 0.3) is 0 Å². The second kappa shape index (κ2) is 6.81. The lowest BCUT2D eigenvalue weighted by Gasteiger charge is -2.07. The molecule has 0 spiro atoms. The Balaban J connectivity index is 1.85. The van der Waals surface area contributed by atoms with E-state index in [0.717, 1.165) is 0 Å². The highest BCUT2D eigenvalue weighted by molar-refractivity contribution is 9.10. The number of aryl methyl sites for hydroxylation is 3. The first-order chi connectivity index (χ1) is 9.91. The molecule has 0 aliphatic rings. The Kier molecular flexibility index (Phi) is 5.29. The molecule has 0 radical (unpaired) electrons. The zero-order valence-corrected chi connectivity index (χ0v) is 14.6. The van der Waals surface area contributed by atoms with Crippen LogP contribution in [-0.4, -0.2) is 32.0 Å². The third kappa shape index (κ3) is 3.59. The van der Waals surface area contributed by atoms with E-state index >= 15 is 0 Å². The second-order valence-electron chi connectivity index (χ2n) is 4.49. The van der Waals surface area contributed by atoms with E-state index in [1.807, 2.05) is 0 Å². The fraction of sp³-hybridized carbons (Fsp3) is 0.417. The van der Waals surface area contributed by atoms with Crippen molar-refractivity contribution in [3.05, 3.63) is 32.2 Å². The van der Waals surface area contributed by atoms with E-state index in [0.29, 0.717) is 45.5 Å². The Morgan fingerprint density at radius 3 is 2.71 bits per heavy atom. The van der Waals surface area contributed by atoms with Crippen LogP contribution in [0.4, 0.5) is 0 Å². The molecule has 0 aliphatic carbocycles. The summed E-state index contributed by atoms with van der Waals surface area (Å²) < 4.78 is 3.82. The van der Waals surface area contributed by atoms with Gasteiger partial charge in [0.2, 0.25) is 0 Å². The topological polar surface area (TPSA) is 64.7 Å². The van der Waals surface area contributed by atoms with Crippen molar-refractivity contribution in [3.8, 4) is 0 Å². The minimum atomic E-state index is -0.178. The summed E-state index contributed by atoms with van der Waals surface area (Å²) in [6, 6.07) is 0. The van der Waals surface area contributed by atoms with Crippen molar-refractivity contribution in [3.63, 3.8) is 0 Å². The van der Waals surface area contributed by atoms with E-state index in [9.17, 15) is 4.79 Å². The van der Waals surface area contributed by atoms with Gasteiger partial charge in [-0.15, -0.1) is 0 Å². The number of amides is 1. The van der Waals surface area contributed by atoms with Crippen LogP contribution in [0.3, 0.4) is 0 Å². The molecule has 1 amide bonds. The molecular weight excluding hydrogens is 381 g/mol. The van der Waals surface area contributed by atoms with E-state index in [2.05, 4.69) is 31.4 Å². The van der Waals surface area contributed by atoms with Gasteiger partial charge in [-0.05, 0) is 29.3 Å². The average molecular weight is 395 g/mol. The number of hydrogen-bond donors (Lipinski definition) is 1. The Morgan fingerprint density at radius 2 is 2.19 bits per heavy atom. The van der Waals surface area contributed by atoms with Crippen LogP contribution in [0.15, 0.2) is 10.7 Å². The first-order valence-electron chi connectivity index (χ1n) is 6.26. The smallest absolute Gasteiger partial charge is 0.270 e. The van der Waals surface area contributed by atoms with Gasteiger partial charge in [-0.1, -0.05) is 23.2 Å². The predicted molar refractivity (Wildman–Crippen MR) is 84.8 cm³/mol. The van der Waals surface area contributed by atoms with Gasteiger partial charge in [0.1, 0.15) is 15.9 Å². The Hall–Kier alpha value is -1.05. The molecule has 6 nitrogen and oxygen atoms in total. The molecule has 2 heterocycles. The molecule has 0 unspecified atom stereocenters. The van der Waals surface area contributed by atoms with Gasteiger partial charge in [0.25, 0.3) is 5.91 Å². The van der Waals surface area contributed by atoms with Crippen molar-refractivity contribution in [2.24, 2.45) is 7.05 Å². The summed E-state index contributed by atoms with van der Waals surface area (Å²) in [7, 11) is 1.72. The Morgan fingerprint density at radius 1 is 1.48 bits per heavy atom. The summed E-state index contributed by atoms with van der Waals surface area (Å²) in [6.45, 7) is 2.88. The lowest BCUT2D eigenvalue weighted by atomic mass is 10.3. The van der Waals surface area contributed by atoms with Crippen LogP contribution in [0, 0.1) is 6.92 Å². The van der Waals surface area contributed by atoms with Gasteiger partial charge in [-0.3, -0.25) is 14.2 Å². The maximum Gasteiger partial charge on any atom is 0.270 e. The van der Waals surface area contributed by atoms with Crippen molar-refractivity contribution in [2.75, 3.05) is 6.54 Å². The SMILES string of the molecule is Cc1nn(CCCNC(=O)c2c(Br)cnn2C)c(Cl)c1Cl. The lowest BCUT2D eigenvalue weighted by molar-refractivity contribution is 0.0942. The van der Waals surface area contributed by atoms with Crippen LogP contribution in [0.2, 0.25) is 10.2 Å². The molecule has 0 bridgehead atoms. The minimum absolute atomic E-state index is 0.178. The van der Waals surface area contributed by atoms with Gasteiger partial charge in [0, 0.05) is 20.1 Å². The first kappa shape index (κ1) is 16.3. The van der Waals surface area contributed by atoms with Gasteiger partial charge in [-0.2, -0.15) is 10.2 Å². The molecule has 2 aromatic rings. The summed E-state index contributed by atoms with van der Waals surface area (Å²) in [6.07, 6.45) is 2.28. The van der Waals surface area contributed by atoms with Crippen LogP contribution < -0.4 is 5.32 Å². The molecule has 114 valence electrons. The van der Waals surface area contributed by atoms with Gasteiger partial charge in [0.05, 0.1) is 16.4 Å². The summed E-state index contributed by atoms with van der Waals surface area (Å²) in [4.78, 5) is 12.0. The van der Waals surface area contributed by atoms with Crippen LogP contribution >= 0.6 is 39.1 Å². The van der Waals surface area contributed by atoms with Crippen molar-refractivity contribution in [1.82, 2.24) is 24.9 Å². The molecule has 0 atom stereocenters. The molecule has 0 fully saturated rings. The fourth-order valence-corrected chi connectivity index (χ4v) is 2.78. The number of hydrogen-bond acceptors (Lipinski definition) is 3. The predicted octanol–water partition coefficient (Wildman–Crippen LogP) is 2.81. The third-order valence-electron chi connectivity index (χ3n) is 2.94. The van der Waals surface area contributed by atoms with Gasteiger partial charge in [-0.25, -0.2) is 0 Å². The Labute approximate surface area is 140 Å². The van der Waals surface area contributed by atoms with Crippen LogP contribution in [0.1, 0.15) is 22.6 Å². The second-order valence-corrected chi connectivity index (χ2v) is 6.08. The zero-order chi connectivity index (χ0) is 15.6. The van der Waals surface area contributed by atoms with Gasteiger partial charge < -0.3 is 5.32 Å². The number of nitrogens with zero attached hydrogens (tertiary/aromatic N) is 4. The number of carbonyl (C=O) groups excluding carboxylic acids is 1. The van der Waals surface area contributed by atoms with Crippen LogP contribution in [-0.2, 0) is 13.6 Å². The van der Waals surface area contributed by atoms with Gasteiger partial charge >= 0.3 is 0 Å².